The zero-order chi connectivity index (χ0) is 22.3. The molecule has 6 heteroatoms. The Bertz CT molecular complexity index is 1290. The monoisotopic (exact) mass is 444 g/mol. The summed E-state index contributed by atoms with van der Waals surface area (Å²) in [6.07, 6.45) is 1.56. The van der Waals surface area contributed by atoms with Gasteiger partial charge in [0.2, 0.25) is 0 Å². The van der Waals surface area contributed by atoms with Gasteiger partial charge in [0.05, 0.1) is 13.3 Å². The number of carbonyl (C=O) groups is 1. The molecular formula is C26H21ClN2O3. The minimum Gasteiger partial charge on any atom is -0.493 e. The zero-order valence-electron chi connectivity index (χ0n) is 17.4. The first kappa shape index (κ1) is 21.4. The van der Waals surface area contributed by atoms with Crippen LogP contribution in [-0.4, -0.2) is 19.2 Å². The van der Waals surface area contributed by atoms with E-state index in [-0.39, 0.29) is 5.91 Å². The molecule has 1 N–H and O–H groups in total. The fourth-order valence-corrected chi connectivity index (χ4v) is 3.41. The Morgan fingerprint density at radius 1 is 0.938 bits per heavy atom. The second kappa shape index (κ2) is 9.98. The van der Waals surface area contributed by atoms with Gasteiger partial charge in [-0.3, -0.25) is 4.79 Å². The molecule has 32 heavy (non-hydrogen) atoms. The lowest BCUT2D eigenvalue weighted by Crippen LogP contribution is -2.17. The highest BCUT2D eigenvalue weighted by molar-refractivity contribution is 6.31. The van der Waals surface area contributed by atoms with Crippen LogP contribution in [0.3, 0.4) is 0 Å². The average molecular weight is 445 g/mol. The summed E-state index contributed by atoms with van der Waals surface area (Å²) in [7, 11) is 1.58. The highest BCUT2D eigenvalue weighted by Gasteiger charge is 2.08. The average Bonchev–Trinajstić information content (AvgIpc) is 2.83. The predicted molar refractivity (Wildman–Crippen MR) is 128 cm³/mol. The van der Waals surface area contributed by atoms with Gasteiger partial charge >= 0.3 is 0 Å². The zero-order valence-corrected chi connectivity index (χ0v) is 18.2. The van der Waals surface area contributed by atoms with Crippen LogP contribution in [0.2, 0.25) is 5.02 Å². The number of nitrogens with one attached hydrogen (secondary N) is 1. The number of benzene rings is 4. The van der Waals surface area contributed by atoms with E-state index in [2.05, 4.69) is 10.5 Å². The molecule has 0 radical (unpaired) electrons. The van der Waals surface area contributed by atoms with E-state index in [0.29, 0.717) is 28.7 Å². The van der Waals surface area contributed by atoms with Crippen molar-refractivity contribution in [1.82, 2.24) is 5.43 Å². The fraction of sp³-hybridized carbons (Fsp3) is 0.0769. The van der Waals surface area contributed by atoms with Crippen LogP contribution in [0, 0.1) is 0 Å². The van der Waals surface area contributed by atoms with Crippen LogP contribution in [0.15, 0.2) is 90.0 Å². The van der Waals surface area contributed by atoms with Crippen LogP contribution < -0.4 is 14.9 Å². The maximum Gasteiger partial charge on any atom is 0.271 e. The van der Waals surface area contributed by atoms with Gasteiger partial charge in [-0.2, -0.15) is 5.10 Å². The van der Waals surface area contributed by atoms with E-state index in [1.165, 1.54) is 0 Å². The Morgan fingerprint density at radius 3 is 2.53 bits per heavy atom. The molecule has 0 bridgehead atoms. The van der Waals surface area contributed by atoms with E-state index >= 15 is 0 Å². The Morgan fingerprint density at radius 2 is 1.72 bits per heavy atom. The van der Waals surface area contributed by atoms with Crippen molar-refractivity contribution in [3.63, 3.8) is 0 Å². The van der Waals surface area contributed by atoms with Crippen molar-refractivity contribution in [3.05, 3.63) is 107 Å². The Hall–Kier alpha value is -3.83. The molecule has 0 unspecified atom stereocenters. The summed E-state index contributed by atoms with van der Waals surface area (Å²) in [4.78, 5) is 12.5. The molecule has 4 rings (SSSR count). The summed E-state index contributed by atoms with van der Waals surface area (Å²) >= 11 is 6.20. The minimum atomic E-state index is -0.282. The van der Waals surface area contributed by atoms with Crippen LogP contribution in [0.4, 0.5) is 0 Å². The SMILES string of the molecule is COc1ccc(/C=N\NC(=O)c2ccc3ccccc3c2)cc1OCc1ccccc1Cl. The number of amides is 1. The van der Waals surface area contributed by atoms with Crippen molar-refractivity contribution in [3.8, 4) is 11.5 Å². The highest BCUT2D eigenvalue weighted by Crippen LogP contribution is 2.29. The maximum atomic E-state index is 12.5. The van der Waals surface area contributed by atoms with Gasteiger partial charge in [-0.25, -0.2) is 5.43 Å². The first-order valence-electron chi connectivity index (χ1n) is 10.0. The summed E-state index contributed by atoms with van der Waals surface area (Å²) in [6.45, 7) is 0.301. The number of nitrogens with zero attached hydrogens (tertiary/aromatic N) is 1. The number of carbonyl (C=O) groups excluding carboxylic acids is 1. The molecule has 0 aliphatic rings. The van der Waals surface area contributed by atoms with E-state index in [0.717, 1.165) is 21.9 Å². The number of fused-ring (bicyclic) bond motifs is 1. The molecule has 4 aromatic rings. The van der Waals surface area contributed by atoms with Gasteiger partial charge in [-0.05, 0) is 52.7 Å². The van der Waals surface area contributed by atoms with Gasteiger partial charge < -0.3 is 9.47 Å². The van der Waals surface area contributed by atoms with Crippen molar-refractivity contribution < 1.29 is 14.3 Å². The lowest BCUT2D eigenvalue weighted by molar-refractivity contribution is 0.0955. The third kappa shape index (κ3) is 5.07. The molecule has 5 nitrogen and oxygen atoms in total. The smallest absolute Gasteiger partial charge is 0.271 e. The molecule has 4 aromatic carbocycles. The van der Waals surface area contributed by atoms with Crippen molar-refractivity contribution in [2.45, 2.75) is 6.61 Å². The molecule has 0 fully saturated rings. The molecule has 0 aliphatic heterocycles. The van der Waals surface area contributed by atoms with Crippen LogP contribution in [0.25, 0.3) is 10.8 Å². The van der Waals surface area contributed by atoms with Crippen LogP contribution >= 0.6 is 11.6 Å². The molecule has 0 aliphatic carbocycles. The quantitative estimate of drug-likeness (QED) is 0.287. The van der Waals surface area contributed by atoms with Crippen molar-refractivity contribution in [2.24, 2.45) is 5.10 Å². The fourth-order valence-electron chi connectivity index (χ4n) is 3.22. The summed E-state index contributed by atoms with van der Waals surface area (Å²) in [6, 6.07) is 26.3. The normalized spacial score (nSPS) is 10.9. The van der Waals surface area contributed by atoms with E-state index in [1.54, 1.807) is 31.5 Å². The van der Waals surface area contributed by atoms with E-state index in [1.807, 2.05) is 66.7 Å². The second-order valence-corrected chi connectivity index (χ2v) is 7.46. The van der Waals surface area contributed by atoms with Crippen molar-refractivity contribution in [2.75, 3.05) is 7.11 Å². The van der Waals surface area contributed by atoms with Gasteiger partial charge in [-0.1, -0.05) is 60.1 Å². The van der Waals surface area contributed by atoms with Gasteiger partial charge in [0.15, 0.2) is 11.5 Å². The van der Waals surface area contributed by atoms with E-state index in [4.69, 9.17) is 21.1 Å². The molecule has 0 saturated carbocycles. The third-order valence-electron chi connectivity index (χ3n) is 4.92. The summed E-state index contributed by atoms with van der Waals surface area (Å²) in [5, 5.41) is 6.80. The number of hydrogen-bond donors (Lipinski definition) is 1. The molecule has 0 heterocycles. The molecular weight excluding hydrogens is 424 g/mol. The predicted octanol–water partition coefficient (Wildman–Crippen LogP) is 5.84. The van der Waals surface area contributed by atoms with E-state index in [9.17, 15) is 4.79 Å². The number of hydrazone groups is 1. The summed E-state index contributed by atoms with van der Waals surface area (Å²) in [5.41, 5.74) is 4.73. The highest BCUT2D eigenvalue weighted by atomic mass is 35.5. The van der Waals surface area contributed by atoms with Gasteiger partial charge in [0.1, 0.15) is 6.61 Å². The first-order valence-corrected chi connectivity index (χ1v) is 10.4. The van der Waals surface area contributed by atoms with E-state index < -0.39 is 0 Å². The number of rotatable bonds is 7. The largest absolute Gasteiger partial charge is 0.493 e. The molecule has 160 valence electrons. The number of halogens is 1. The molecule has 0 aromatic heterocycles. The molecule has 0 spiro atoms. The second-order valence-electron chi connectivity index (χ2n) is 7.05. The number of ether oxygens (including phenoxy) is 2. The number of methoxy groups -OCH3 is 1. The van der Waals surface area contributed by atoms with Crippen molar-refractivity contribution in [1.29, 1.82) is 0 Å². The first-order chi connectivity index (χ1) is 15.6. The summed E-state index contributed by atoms with van der Waals surface area (Å²) < 4.78 is 11.3. The van der Waals surface area contributed by atoms with Crippen LogP contribution in [0.5, 0.6) is 11.5 Å². The van der Waals surface area contributed by atoms with Crippen molar-refractivity contribution >= 4 is 34.5 Å². The van der Waals surface area contributed by atoms with Gasteiger partial charge in [-0.15, -0.1) is 0 Å². The molecule has 1 amide bonds. The third-order valence-corrected chi connectivity index (χ3v) is 5.29. The van der Waals surface area contributed by atoms with Gasteiger partial charge in [0.25, 0.3) is 5.91 Å². The molecule has 0 atom stereocenters. The molecule has 0 saturated heterocycles. The minimum absolute atomic E-state index is 0.282. The standard InChI is InChI=1S/C26H21ClN2O3/c1-31-24-13-10-18(14-25(24)32-17-22-8-4-5-9-23(22)27)16-28-29-26(30)21-12-11-19-6-2-3-7-20(19)15-21/h2-16H,17H2,1H3,(H,29,30)/b28-16-. The Balaban J connectivity index is 1.44. The van der Waals surface area contributed by atoms with Crippen LogP contribution in [0.1, 0.15) is 21.5 Å². The summed E-state index contributed by atoms with van der Waals surface area (Å²) in [5.74, 6) is 0.863. The number of hydrogen-bond acceptors (Lipinski definition) is 4. The van der Waals surface area contributed by atoms with Crippen LogP contribution in [-0.2, 0) is 6.61 Å². The van der Waals surface area contributed by atoms with Gasteiger partial charge in [0, 0.05) is 16.1 Å². The maximum absolute atomic E-state index is 12.5. The lowest BCUT2D eigenvalue weighted by Gasteiger charge is -2.12. The lowest BCUT2D eigenvalue weighted by atomic mass is 10.1. The Labute approximate surface area is 191 Å². The Kier molecular flexibility index (Phi) is 6.68. The topological polar surface area (TPSA) is 59.9 Å².